The molecule has 0 spiro atoms. The van der Waals surface area contributed by atoms with Gasteiger partial charge in [-0.3, -0.25) is 0 Å². The molecular formula is C13H14ClN3O2. The van der Waals surface area contributed by atoms with Gasteiger partial charge in [-0.15, -0.1) is 0 Å². The van der Waals surface area contributed by atoms with Gasteiger partial charge in [0.15, 0.2) is 0 Å². The predicted molar refractivity (Wildman–Crippen MR) is 71.2 cm³/mol. The summed E-state index contributed by atoms with van der Waals surface area (Å²) in [5, 5.41) is 16.9. The summed E-state index contributed by atoms with van der Waals surface area (Å²) >= 11 is 5.72. The molecule has 0 heterocycles. The average molecular weight is 280 g/mol. The Morgan fingerprint density at radius 3 is 2.74 bits per heavy atom. The van der Waals surface area contributed by atoms with Crippen molar-refractivity contribution in [3.05, 3.63) is 29.3 Å². The molecule has 5 nitrogen and oxygen atoms in total. The molecule has 0 aliphatic carbocycles. The van der Waals surface area contributed by atoms with Crippen LogP contribution in [0.15, 0.2) is 34.5 Å². The second-order valence-electron chi connectivity index (χ2n) is 3.74. The fraction of sp³-hybridized carbons (Fsp3) is 0.385. The van der Waals surface area contributed by atoms with Gasteiger partial charge >= 0.3 is 5.97 Å². The monoisotopic (exact) mass is 279 g/mol. The standard InChI is InChI=1S/C13H14ClN3O2/c1-2-3-8-19-13(18)12(9-15)17-16-11-6-4-10(14)5-7-11/h4-7,12H,2-3,8H2,1H3. The molecule has 0 aromatic heterocycles. The van der Waals surface area contributed by atoms with Gasteiger partial charge in [0.1, 0.15) is 6.07 Å². The van der Waals surface area contributed by atoms with Crippen LogP contribution in [0, 0.1) is 11.3 Å². The Kier molecular flexibility index (Phi) is 6.55. The second-order valence-corrected chi connectivity index (χ2v) is 4.18. The van der Waals surface area contributed by atoms with Crippen molar-refractivity contribution >= 4 is 23.3 Å². The van der Waals surface area contributed by atoms with Crippen LogP contribution in [0.3, 0.4) is 0 Å². The average Bonchev–Trinajstić information content (AvgIpc) is 2.42. The van der Waals surface area contributed by atoms with Gasteiger partial charge in [0.05, 0.1) is 12.3 Å². The second kappa shape index (κ2) is 8.22. The fourth-order valence-corrected chi connectivity index (χ4v) is 1.28. The summed E-state index contributed by atoms with van der Waals surface area (Å²) in [6.45, 7) is 2.28. The molecule has 19 heavy (non-hydrogen) atoms. The first-order valence-electron chi connectivity index (χ1n) is 5.90. The number of benzene rings is 1. The lowest BCUT2D eigenvalue weighted by Crippen LogP contribution is -2.19. The van der Waals surface area contributed by atoms with Gasteiger partial charge in [-0.2, -0.15) is 15.5 Å². The highest BCUT2D eigenvalue weighted by Crippen LogP contribution is 2.17. The van der Waals surface area contributed by atoms with Crippen molar-refractivity contribution in [3.63, 3.8) is 0 Å². The Morgan fingerprint density at radius 2 is 2.16 bits per heavy atom. The molecule has 0 saturated carbocycles. The number of carbonyl (C=O) groups excluding carboxylic acids is 1. The number of halogens is 1. The molecule has 1 rings (SSSR count). The Hall–Kier alpha value is -1.93. The molecule has 0 aliphatic heterocycles. The highest BCUT2D eigenvalue weighted by molar-refractivity contribution is 6.30. The lowest BCUT2D eigenvalue weighted by Gasteiger charge is -2.04. The summed E-state index contributed by atoms with van der Waals surface area (Å²) in [4.78, 5) is 11.5. The van der Waals surface area contributed by atoms with Crippen LogP contribution < -0.4 is 0 Å². The summed E-state index contributed by atoms with van der Waals surface area (Å²) in [6, 6.07) is 7.10. The number of nitrogens with zero attached hydrogens (tertiary/aromatic N) is 3. The van der Waals surface area contributed by atoms with Crippen LogP contribution in [-0.2, 0) is 9.53 Å². The van der Waals surface area contributed by atoms with Crippen LogP contribution in [0.5, 0.6) is 0 Å². The van der Waals surface area contributed by atoms with Crippen LogP contribution >= 0.6 is 11.6 Å². The number of rotatable bonds is 6. The van der Waals surface area contributed by atoms with Gasteiger partial charge in [0.25, 0.3) is 6.04 Å². The van der Waals surface area contributed by atoms with E-state index in [-0.39, 0.29) is 0 Å². The topological polar surface area (TPSA) is 74.8 Å². The number of nitriles is 1. The molecule has 0 radical (unpaired) electrons. The smallest absolute Gasteiger partial charge is 0.347 e. The van der Waals surface area contributed by atoms with Crippen molar-refractivity contribution in [2.75, 3.05) is 6.61 Å². The molecule has 0 aliphatic rings. The quantitative estimate of drug-likeness (QED) is 0.453. The van der Waals surface area contributed by atoms with E-state index in [4.69, 9.17) is 21.6 Å². The van der Waals surface area contributed by atoms with Crippen molar-refractivity contribution in [1.29, 1.82) is 5.26 Å². The van der Waals surface area contributed by atoms with Crippen molar-refractivity contribution in [1.82, 2.24) is 0 Å². The van der Waals surface area contributed by atoms with Crippen molar-refractivity contribution in [2.45, 2.75) is 25.8 Å². The van der Waals surface area contributed by atoms with Crippen LogP contribution in [0.4, 0.5) is 5.69 Å². The van der Waals surface area contributed by atoms with Crippen LogP contribution in [0.1, 0.15) is 19.8 Å². The molecule has 1 unspecified atom stereocenters. The first kappa shape index (κ1) is 15.1. The van der Waals surface area contributed by atoms with E-state index in [0.717, 1.165) is 12.8 Å². The normalized spacial score (nSPS) is 12.1. The first-order valence-corrected chi connectivity index (χ1v) is 6.28. The molecule has 1 aromatic rings. The Balaban J connectivity index is 2.58. The zero-order chi connectivity index (χ0) is 14.1. The Morgan fingerprint density at radius 1 is 1.47 bits per heavy atom. The minimum Gasteiger partial charge on any atom is -0.463 e. The van der Waals surface area contributed by atoms with E-state index in [1.165, 1.54) is 0 Å². The molecule has 0 amide bonds. The number of ether oxygens (including phenoxy) is 1. The van der Waals surface area contributed by atoms with Crippen molar-refractivity contribution in [3.8, 4) is 6.07 Å². The summed E-state index contributed by atoms with van der Waals surface area (Å²) in [7, 11) is 0. The fourth-order valence-electron chi connectivity index (χ4n) is 1.15. The van der Waals surface area contributed by atoms with E-state index in [2.05, 4.69) is 10.2 Å². The van der Waals surface area contributed by atoms with Crippen LogP contribution in [0.25, 0.3) is 0 Å². The molecule has 1 aromatic carbocycles. The third-order valence-electron chi connectivity index (χ3n) is 2.20. The lowest BCUT2D eigenvalue weighted by molar-refractivity contribution is -0.143. The number of hydrogen-bond donors (Lipinski definition) is 0. The maximum absolute atomic E-state index is 11.5. The van der Waals surface area contributed by atoms with Crippen LogP contribution in [0.2, 0.25) is 5.02 Å². The first-order chi connectivity index (χ1) is 9.17. The molecule has 100 valence electrons. The molecule has 1 atom stereocenters. The van der Waals surface area contributed by atoms with E-state index in [1.54, 1.807) is 30.3 Å². The van der Waals surface area contributed by atoms with Gasteiger partial charge in [0.2, 0.25) is 0 Å². The third kappa shape index (κ3) is 5.49. The minimum atomic E-state index is -1.23. The Labute approximate surface area is 116 Å². The lowest BCUT2D eigenvalue weighted by atomic mass is 10.3. The zero-order valence-corrected chi connectivity index (χ0v) is 11.3. The van der Waals surface area contributed by atoms with Crippen LogP contribution in [-0.4, -0.2) is 18.6 Å². The van der Waals surface area contributed by atoms with E-state index >= 15 is 0 Å². The molecule has 0 saturated heterocycles. The molecule has 0 fully saturated rings. The summed E-state index contributed by atoms with van der Waals surface area (Å²) in [5.74, 6) is -0.673. The number of unbranched alkanes of at least 4 members (excludes halogenated alkanes) is 1. The number of hydrogen-bond acceptors (Lipinski definition) is 5. The third-order valence-corrected chi connectivity index (χ3v) is 2.46. The predicted octanol–water partition coefficient (Wildman–Crippen LogP) is 3.66. The SMILES string of the molecule is CCCCOC(=O)C(C#N)N=Nc1ccc(Cl)cc1. The van der Waals surface area contributed by atoms with Crippen molar-refractivity contribution in [2.24, 2.45) is 10.2 Å². The maximum atomic E-state index is 11.5. The highest BCUT2D eigenvalue weighted by atomic mass is 35.5. The minimum absolute atomic E-state index is 0.296. The maximum Gasteiger partial charge on any atom is 0.347 e. The number of carbonyl (C=O) groups is 1. The molecule has 0 bridgehead atoms. The summed E-state index contributed by atoms with van der Waals surface area (Å²) in [6.07, 6.45) is 1.68. The Bertz CT molecular complexity index is 480. The van der Waals surface area contributed by atoms with E-state index < -0.39 is 12.0 Å². The van der Waals surface area contributed by atoms with Gasteiger partial charge < -0.3 is 4.74 Å². The van der Waals surface area contributed by atoms with E-state index in [9.17, 15) is 4.79 Å². The number of azo groups is 1. The van der Waals surface area contributed by atoms with E-state index in [1.807, 2.05) is 6.92 Å². The number of esters is 1. The molecular weight excluding hydrogens is 266 g/mol. The zero-order valence-electron chi connectivity index (χ0n) is 10.5. The van der Waals surface area contributed by atoms with Gasteiger partial charge in [-0.25, -0.2) is 4.79 Å². The van der Waals surface area contributed by atoms with E-state index in [0.29, 0.717) is 17.3 Å². The molecule has 0 N–H and O–H groups in total. The summed E-state index contributed by atoms with van der Waals surface area (Å²) in [5.41, 5.74) is 0.519. The summed E-state index contributed by atoms with van der Waals surface area (Å²) < 4.78 is 4.91. The highest BCUT2D eigenvalue weighted by Gasteiger charge is 2.18. The van der Waals surface area contributed by atoms with Gasteiger partial charge in [-0.05, 0) is 30.7 Å². The molecule has 6 heteroatoms. The van der Waals surface area contributed by atoms with Crippen molar-refractivity contribution < 1.29 is 9.53 Å². The van der Waals surface area contributed by atoms with Gasteiger partial charge in [0, 0.05) is 5.02 Å². The van der Waals surface area contributed by atoms with Gasteiger partial charge in [-0.1, -0.05) is 24.9 Å². The largest absolute Gasteiger partial charge is 0.463 e.